The van der Waals surface area contributed by atoms with Gasteiger partial charge in [-0.3, -0.25) is 4.90 Å². The molecule has 1 N–H and O–H groups in total. The number of hydrogen-bond donors (Lipinski definition) is 1. The summed E-state index contributed by atoms with van der Waals surface area (Å²) in [5.74, 6) is 0.285. The Hall–Kier alpha value is -2.35. The van der Waals surface area contributed by atoms with Crippen molar-refractivity contribution in [2.45, 2.75) is 63.9 Å². The van der Waals surface area contributed by atoms with Crippen LogP contribution in [0.1, 0.15) is 51.7 Å². The van der Waals surface area contributed by atoms with Gasteiger partial charge in [-0.05, 0) is 62.4 Å². The maximum atomic E-state index is 13.1. The molecule has 1 saturated heterocycles. The number of anilines is 1. The zero-order valence-electron chi connectivity index (χ0n) is 21.7. The summed E-state index contributed by atoms with van der Waals surface area (Å²) in [6.07, 6.45) is 4.14. The van der Waals surface area contributed by atoms with Crippen molar-refractivity contribution in [1.82, 2.24) is 9.21 Å². The molecule has 3 rings (SSSR count). The molecule has 2 unspecified atom stereocenters. The average molecular weight is 500 g/mol. The van der Waals surface area contributed by atoms with E-state index in [-0.39, 0.29) is 11.8 Å². The second-order valence-corrected chi connectivity index (χ2v) is 11.5. The third-order valence-electron chi connectivity index (χ3n) is 6.77. The van der Waals surface area contributed by atoms with Crippen molar-refractivity contribution in [1.29, 1.82) is 0 Å². The van der Waals surface area contributed by atoms with Crippen molar-refractivity contribution in [3.63, 3.8) is 0 Å². The van der Waals surface area contributed by atoms with E-state index < -0.39 is 10.0 Å². The first-order valence-corrected chi connectivity index (χ1v) is 14.2. The van der Waals surface area contributed by atoms with E-state index in [9.17, 15) is 13.5 Å². The molecule has 1 aliphatic rings. The van der Waals surface area contributed by atoms with Gasteiger partial charge in [0.15, 0.2) is 0 Å². The fourth-order valence-electron chi connectivity index (χ4n) is 4.98. The molecule has 1 fully saturated rings. The zero-order valence-corrected chi connectivity index (χ0v) is 22.5. The molecule has 2 aromatic carbocycles. The van der Waals surface area contributed by atoms with Crippen LogP contribution >= 0.6 is 0 Å². The monoisotopic (exact) mass is 499 g/mol. The molecule has 0 aromatic heterocycles. The first-order valence-electron chi connectivity index (χ1n) is 12.7. The molecule has 35 heavy (non-hydrogen) atoms. The molecule has 192 valence electrons. The van der Waals surface area contributed by atoms with Gasteiger partial charge >= 0.3 is 0 Å². The Morgan fingerprint density at radius 1 is 1.03 bits per heavy atom. The van der Waals surface area contributed by atoms with Crippen LogP contribution in [0.15, 0.2) is 60.0 Å². The second-order valence-electron chi connectivity index (χ2n) is 9.60. The molecule has 0 bridgehead atoms. The topological polar surface area (TPSA) is 64.1 Å². The third kappa shape index (κ3) is 6.26. The van der Waals surface area contributed by atoms with E-state index >= 15 is 0 Å². The lowest BCUT2D eigenvalue weighted by Crippen LogP contribution is -2.56. The van der Waals surface area contributed by atoms with E-state index in [2.05, 4.69) is 36.3 Å². The minimum Gasteiger partial charge on any atom is -0.506 e. The zero-order chi connectivity index (χ0) is 25.6. The van der Waals surface area contributed by atoms with Gasteiger partial charge in [-0.15, -0.1) is 6.58 Å². The summed E-state index contributed by atoms with van der Waals surface area (Å²) in [6.45, 7) is 15.9. The number of phenols is 1. The highest BCUT2D eigenvalue weighted by Gasteiger charge is 2.31. The molecule has 0 amide bonds. The van der Waals surface area contributed by atoms with Crippen LogP contribution < -0.4 is 4.90 Å². The smallest absolute Gasteiger partial charge is 0.243 e. The Balaban J connectivity index is 1.84. The molecular formula is C28H41N3O3S. The molecule has 2 atom stereocenters. The molecule has 0 radical (unpaired) electrons. The van der Waals surface area contributed by atoms with E-state index in [1.54, 1.807) is 22.5 Å². The van der Waals surface area contributed by atoms with Crippen LogP contribution in [-0.2, 0) is 16.4 Å². The number of phenolic OH excluding ortho intramolecular Hbond substituents is 1. The predicted molar refractivity (Wildman–Crippen MR) is 145 cm³/mol. The minimum absolute atomic E-state index is 0.244. The molecule has 7 heteroatoms. The van der Waals surface area contributed by atoms with Gasteiger partial charge in [0.25, 0.3) is 0 Å². The highest BCUT2D eigenvalue weighted by Crippen LogP contribution is 2.36. The molecule has 6 nitrogen and oxygen atoms in total. The molecule has 1 aliphatic heterocycles. The largest absolute Gasteiger partial charge is 0.506 e. The first-order chi connectivity index (χ1) is 16.7. The van der Waals surface area contributed by atoms with E-state index in [1.165, 1.54) is 0 Å². The van der Waals surface area contributed by atoms with Crippen molar-refractivity contribution >= 4 is 15.7 Å². The van der Waals surface area contributed by atoms with Gasteiger partial charge in [-0.2, -0.15) is 4.31 Å². The fourth-order valence-corrected chi connectivity index (χ4v) is 6.61. The van der Waals surface area contributed by atoms with Gasteiger partial charge in [0.1, 0.15) is 5.75 Å². The summed E-state index contributed by atoms with van der Waals surface area (Å²) < 4.78 is 27.8. The first kappa shape index (κ1) is 27.2. The van der Waals surface area contributed by atoms with E-state index in [0.29, 0.717) is 30.4 Å². The summed E-state index contributed by atoms with van der Waals surface area (Å²) in [7, 11) is -3.50. The summed E-state index contributed by atoms with van der Waals surface area (Å²) in [4.78, 5) is 5.05. The van der Waals surface area contributed by atoms with E-state index in [0.717, 1.165) is 49.3 Å². The van der Waals surface area contributed by atoms with Crippen LogP contribution in [-0.4, -0.2) is 67.5 Å². The Morgan fingerprint density at radius 3 is 2.29 bits per heavy atom. The molecular weight excluding hydrogens is 458 g/mol. The lowest BCUT2D eigenvalue weighted by Gasteiger charge is -2.45. The van der Waals surface area contributed by atoms with Gasteiger partial charge in [0.05, 0.1) is 10.6 Å². The fraction of sp³-hybridized carbons (Fsp3) is 0.500. The van der Waals surface area contributed by atoms with Crippen LogP contribution in [0.5, 0.6) is 5.75 Å². The third-order valence-corrected chi connectivity index (χ3v) is 8.68. The number of benzene rings is 2. The van der Waals surface area contributed by atoms with E-state index in [1.807, 2.05) is 38.1 Å². The number of rotatable bonds is 11. The summed E-state index contributed by atoms with van der Waals surface area (Å²) in [5.41, 5.74) is 2.92. The Morgan fingerprint density at radius 2 is 1.69 bits per heavy atom. The molecule has 0 spiro atoms. The normalized spacial score (nSPS) is 19.3. The number of piperazine rings is 1. The Bertz CT molecular complexity index is 1080. The summed E-state index contributed by atoms with van der Waals surface area (Å²) in [5, 5.41) is 10.9. The van der Waals surface area contributed by atoms with Crippen molar-refractivity contribution in [3.05, 3.63) is 66.2 Å². The lowest BCUT2D eigenvalue weighted by atomic mass is 9.99. The Kier molecular flexibility index (Phi) is 9.39. The highest BCUT2D eigenvalue weighted by atomic mass is 32.2. The average Bonchev–Trinajstić information content (AvgIpc) is 2.82. The van der Waals surface area contributed by atoms with Gasteiger partial charge in [-0.1, -0.05) is 44.2 Å². The van der Waals surface area contributed by atoms with Gasteiger partial charge < -0.3 is 10.0 Å². The number of nitrogens with zero attached hydrogens (tertiary/aromatic N) is 3. The number of para-hydroxylation sites is 1. The van der Waals surface area contributed by atoms with Crippen molar-refractivity contribution < 1.29 is 13.5 Å². The van der Waals surface area contributed by atoms with Crippen LogP contribution in [0.2, 0.25) is 0 Å². The van der Waals surface area contributed by atoms with Crippen molar-refractivity contribution in [2.24, 2.45) is 0 Å². The second kappa shape index (κ2) is 12.1. The van der Waals surface area contributed by atoms with Crippen LogP contribution in [0.4, 0.5) is 5.69 Å². The summed E-state index contributed by atoms with van der Waals surface area (Å²) >= 11 is 0. The van der Waals surface area contributed by atoms with Crippen LogP contribution in [0.3, 0.4) is 0 Å². The van der Waals surface area contributed by atoms with Gasteiger partial charge in [0.2, 0.25) is 10.0 Å². The quantitative estimate of drug-likeness (QED) is 0.447. The molecule has 2 aromatic rings. The SMILES string of the molecule is C=CCN1CC(C)N(c2c(O)cccc2Cc2ccc(S(=O)(=O)N(CCC)CCC)cc2)CC1C. The molecule has 0 aliphatic carbocycles. The maximum absolute atomic E-state index is 13.1. The van der Waals surface area contributed by atoms with Crippen molar-refractivity contribution in [3.8, 4) is 5.75 Å². The Labute approximate surface area is 211 Å². The predicted octanol–water partition coefficient (Wildman–Crippen LogP) is 4.88. The summed E-state index contributed by atoms with van der Waals surface area (Å²) in [6, 6.07) is 13.5. The van der Waals surface area contributed by atoms with Crippen LogP contribution in [0.25, 0.3) is 0 Å². The minimum atomic E-state index is -3.50. The highest BCUT2D eigenvalue weighted by molar-refractivity contribution is 7.89. The number of sulfonamides is 1. The van der Waals surface area contributed by atoms with Crippen molar-refractivity contribution in [2.75, 3.05) is 37.6 Å². The van der Waals surface area contributed by atoms with Crippen LogP contribution in [0, 0.1) is 0 Å². The molecule has 0 saturated carbocycles. The van der Waals surface area contributed by atoms with Gasteiger partial charge in [-0.25, -0.2) is 8.42 Å². The van der Waals surface area contributed by atoms with Gasteiger partial charge in [0, 0.05) is 44.8 Å². The standard InChI is InChI=1S/C28H41N3O3S/c1-6-16-29-20-23(5)31(21-22(29)4)28-25(10-9-11-27(28)32)19-24-12-14-26(15-13-24)35(33,34)30(17-7-2)18-8-3/h6,9-15,22-23,32H,1,7-8,16-21H2,2-5H3. The van der Waals surface area contributed by atoms with E-state index in [4.69, 9.17) is 0 Å². The maximum Gasteiger partial charge on any atom is 0.243 e. The lowest BCUT2D eigenvalue weighted by molar-refractivity contribution is 0.183. The number of hydrogen-bond acceptors (Lipinski definition) is 5. The molecule has 1 heterocycles. The number of aromatic hydroxyl groups is 1.